The first-order valence-electron chi connectivity index (χ1n) is 7.28. The summed E-state index contributed by atoms with van der Waals surface area (Å²) in [6.45, 7) is 3.40. The van der Waals surface area contributed by atoms with Crippen LogP contribution in [0, 0.1) is 11.3 Å². The molecular formula is C16H19N5O. The van der Waals surface area contributed by atoms with Crippen molar-refractivity contribution >= 4 is 17.3 Å². The van der Waals surface area contributed by atoms with Gasteiger partial charge in [-0.2, -0.15) is 10.4 Å². The van der Waals surface area contributed by atoms with Gasteiger partial charge in [-0.05, 0) is 30.7 Å². The molecule has 0 saturated carbocycles. The smallest absolute Gasteiger partial charge is 0.226 e. The van der Waals surface area contributed by atoms with Crippen LogP contribution in [0.2, 0.25) is 0 Å². The molecule has 0 fully saturated rings. The Kier molecular flexibility index (Phi) is 5.55. The summed E-state index contributed by atoms with van der Waals surface area (Å²) in [6, 6.07) is 9.14. The highest BCUT2D eigenvalue weighted by Crippen LogP contribution is 2.23. The van der Waals surface area contributed by atoms with Crippen molar-refractivity contribution in [1.29, 1.82) is 5.26 Å². The molecule has 0 radical (unpaired) electrons. The van der Waals surface area contributed by atoms with E-state index in [9.17, 15) is 4.79 Å². The van der Waals surface area contributed by atoms with Gasteiger partial charge < -0.3 is 10.6 Å². The standard InChI is InChI=1S/C16H19N5O/c1-2-7-18-14-5-4-13(12-17)11-15(14)20-16(22)6-10-21-9-3-8-19-21/h3-5,8-9,11,18H,2,6-7,10H2,1H3,(H,20,22). The normalized spacial score (nSPS) is 10.0. The second kappa shape index (κ2) is 7.84. The summed E-state index contributed by atoms with van der Waals surface area (Å²) in [7, 11) is 0. The number of aryl methyl sites for hydroxylation is 1. The first kappa shape index (κ1) is 15.6. The maximum atomic E-state index is 12.1. The third-order valence-electron chi connectivity index (χ3n) is 3.12. The van der Waals surface area contributed by atoms with E-state index in [-0.39, 0.29) is 5.91 Å². The van der Waals surface area contributed by atoms with Crippen LogP contribution in [0.25, 0.3) is 0 Å². The van der Waals surface area contributed by atoms with E-state index in [4.69, 9.17) is 5.26 Å². The Morgan fingerprint density at radius 3 is 2.95 bits per heavy atom. The molecule has 0 saturated heterocycles. The minimum atomic E-state index is -0.106. The van der Waals surface area contributed by atoms with Crippen molar-refractivity contribution in [2.75, 3.05) is 17.2 Å². The minimum absolute atomic E-state index is 0.106. The van der Waals surface area contributed by atoms with Crippen LogP contribution >= 0.6 is 0 Å². The average molecular weight is 297 g/mol. The Hall–Kier alpha value is -2.81. The van der Waals surface area contributed by atoms with E-state index in [0.717, 1.165) is 18.7 Å². The van der Waals surface area contributed by atoms with Crippen molar-refractivity contribution in [1.82, 2.24) is 9.78 Å². The summed E-state index contributed by atoms with van der Waals surface area (Å²) in [5.41, 5.74) is 1.98. The lowest BCUT2D eigenvalue weighted by Crippen LogP contribution is -2.16. The molecule has 2 aromatic rings. The van der Waals surface area contributed by atoms with Gasteiger partial charge in [0.1, 0.15) is 0 Å². The molecule has 2 rings (SSSR count). The van der Waals surface area contributed by atoms with E-state index in [2.05, 4.69) is 28.7 Å². The summed E-state index contributed by atoms with van der Waals surface area (Å²) in [5, 5.41) is 19.2. The number of carbonyl (C=O) groups is 1. The molecular weight excluding hydrogens is 278 g/mol. The zero-order valence-corrected chi connectivity index (χ0v) is 12.5. The largest absolute Gasteiger partial charge is 0.383 e. The molecule has 1 amide bonds. The van der Waals surface area contributed by atoms with Gasteiger partial charge in [0.25, 0.3) is 0 Å². The third-order valence-corrected chi connectivity index (χ3v) is 3.12. The quantitative estimate of drug-likeness (QED) is 0.823. The topological polar surface area (TPSA) is 82.7 Å². The molecule has 2 N–H and O–H groups in total. The van der Waals surface area contributed by atoms with Crippen LogP contribution in [0.4, 0.5) is 11.4 Å². The zero-order valence-electron chi connectivity index (χ0n) is 12.5. The van der Waals surface area contributed by atoms with Crippen LogP contribution in [0.15, 0.2) is 36.7 Å². The van der Waals surface area contributed by atoms with Crippen LogP contribution in [-0.4, -0.2) is 22.2 Å². The number of nitriles is 1. The maximum Gasteiger partial charge on any atom is 0.226 e. The lowest BCUT2D eigenvalue weighted by Gasteiger charge is -2.13. The Labute approximate surface area is 129 Å². The van der Waals surface area contributed by atoms with Gasteiger partial charge in [0.2, 0.25) is 5.91 Å². The highest BCUT2D eigenvalue weighted by atomic mass is 16.1. The molecule has 1 aromatic heterocycles. The number of nitrogens with zero attached hydrogens (tertiary/aromatic N) is 3. The Balaban J connectivity index is 2.02. The predicted octanol–water partition coefficient (Wildman–Crippen LogP) is 2.61. The molecule has 0 aliphatic carbocycles. The Morgan fingerprint density at radius 1 is 1.41 bits per heavy atom. The van der Waals surface area contributed by atoms with Crippen LogP contribution in [-0.2, 0) is 11.3 Å². The lowest BCUT2D eigenvalue weighted by molar-refractivity contribution is -0.116. The van der Waals surface area contributed by atoms with Crippen LogP contribution < -0.4 is 10.6 Å². The fraction of sp³-hybridized carbons (Fsp3) is 0.312. The van der Waals surface area contributed by atoms with E-state index >= 15 is 0 Å². The van der Waals surface area contributed by atoms with Crippen molar-refractivity contribution in [3.8, 4) is 6.07 Å². The van der Waals surface area contributed by atoms with E-state index in [0.29, 0.717) is 24.2 Å². The molecule has 0 spiro atoms. The van der Waals surface area contributed by atoms with E-state index in [1.807, 2.05) is 18.3 Å². The molecule has 6 nitrogen and oxygen atoms in total. The summed E-state index contributed by atoms with van der Waals surface area (Å²) >= 11 is 0. The summed E-state index contributed by atoms with van der Waals surface area (Å²) in [4.78, 5) is 12.1. The molecule has 1 aromatic carbocycles. The summed E-state index contributed by atoms with van der Waals surface area (Å²) < 4.78 is 1.71. The predicted molar refractivity (Wildman–Crippen MR) is 85.4 cm³/mol. The second-order valence-corrected chi connectivity index (χ2v) is 4.87. The molecule has 22 heavy (non-hydrogen) atoms. The molecule has 114 valence electrons. The molecule has 6 heteroatoms. The van der Waals surface area contributed by atoms with E-state index < -0.39 is 0 Å². The monoisotopic (exact) mass is 297 g/mol. The van der Waals surface area contributed by atoms with Gasteiger partial charge in [-0.3, -0.25) is 9.48 Å². The summed E-state index contributed by atoms with van der Waals surface area (Å²) in [5.74, 6) is -0.106. The van der Waals surface area contributed by atoms with Gasteiger partial charge in [-0.25, -0.2) is 0 Å². The van der Waals surface area contributed by atoms with Gasteiger partial charge in [0.15, 0.2) is 0 Å². The molecule has 0 unspecified atom stereocenters. The highest BCUT2D eigenvalue weighted by molar-refractivity contribution is 5.94. The first-order valence-corrected chi connectivity index (χ1v) is 7.28. The molecule has 0 atom stereocenters. The number of rotatable bonds is 7. The number of anilines is 2. The molecule has 1 heterocycles. The van der Waals surface area contributed by atoms with Gasteiger partial charge >= 0.3 is 0 Å². The van der Waals surface area contributed by atoms with Gasteiger partial charge in [-0.15, -0.1) is 0 Å². The van der Waals surface area contributed by atoms with Gasteiger partial charge in [0.05, 0.1) is 23.0 Å². The number of benzene rings is 1. The van der Waals surface area contributed by atoms with Gasteiger partial charge in [0, 0.05) is 31.9 Å². The second-order valence-electron chi connectivity index (χ2n) is 4.87. The van der Waals surface area contributed by atoms with Crippen LogP contribution in [0.3, 0.4) is 0 Å². The van der Waals surface area contributed by atoms with Crippen molar-refractivity contribution in [2.45, 2.75) is 26.3 Å². The maximum absolute atomic E-state index is 12.1. The van der Waals surface area contributed by atoms with Crippen molar-refractivity contribution in [3.63, 3.8) is 0 Å². The number of hydrogen-bond acceptors (Lipinski definition) is 4. The Morgan fingerprint density at radius 2 is 2.27 bits per heavy atom. The number of amides is 1. The molecule has 0 aliphatic rings. The third kappa shape index (κ3) is 4.35. The van der Waals surface area contributed by atoms with Crippen molar-refractivity contribution in [3.05, 3.63) is 42.2 Å². The number of hydrogen-bond donors (Lipinski definition) is 2. The minimum Gasteiger partial charge on any atom is -0.383 e. The lowest BCUT2D eigenvalue weighted by atomic mass is 10.1. The van der Waals surface area contributed by atoms with Crippen LogP contribution in [0.1, 0.15) is 25.3 Å². The van der Waals surface area contributed by atoms with Crippen LogP contribution in [0.5, 0.6) is 0 Å². The zero-order chi connectivity index (χ0) is 15.8. The van der Waals surface area contributed by atoms with E-state index in [1.54, 1.807) is 23.0 Å². The first-order chi connectivity index (χ1) is 10.7. The summed E-state index contributed by atoms with van der Waals surface area (Å²) in [6.07, 6.45) is 4.80. The van der Waals surface area contributed by atoms with E-state index in [1.165, 1.54) is 0 Å². The number of carbonyl (C=O) groups excluding carboxylic acids is 1. The highest BCUT2D eigenvalue weighted by Gasteiger charge is 2.08. The van der Waals surface area contributed by atoms with Gasteiger partial charge in [-0.1, -0.05) is 6.92 Å². The number of aromatic nitrogens is 2. The van der Waals surface area contributed by atoms with Crippen molar-refractivity contribution < 1.29 is 4.79 Å². The fourth-order valence-electron chi connectivity index (χ4n) is 1.99. The fourth-order valence-corrected chi connectivity index (χ4v) is 1.99. The van der Waals surface area contributed by atoms with Crippen molar-refractivity contribution in [2.24, 2.45) is 0 Å². The average Bonchev–Trinajstić information content (AvgIpc) is 3.05. The molecule has 0 aliphatic heterocycles. The number of nitrogens with one attached hydrogen (secondary N) is 2. The molecule has 0 bridgehead atoms. The SMILES string of the molecule is CCCNc1ccc(C#N)cc1NC(=O)CCn1cccn1. The Bertz CT molecular complexity index is 658.